The standard InChI is InChI=1S/C29H35BrN2O5/c1-3-4-15-37-23-9-10-24(20(2)18-23)27(33)25-26(21-7-5-8-22(30)19-21)32(29(35)28(25)34)12-6-11-31-13-16-36-17-14-31/h5,7-10,18-19,26,33H,3-4,6,11-17H2,1-2H3/t26-/m0/s1. The van der Waals surface area contributed by atoms with Gasteiger partial charge in [-0.25, -0.2) is 0 Å². The lowest BCUT2D eigenvalue weighted by Gasteiger charge is -2.29. The molecule has 2 aromatic carbocycles. The van der Waals surface area contributed by atoms with Crippen LogP contribution in [0.5, 0.6) is 5.75 Å². The van der Waals surface area contributed by atoms with Gasteiger partial charge in [0.05, 0.1) is 31.4 Å². The topological polar surface area (TPSA) is 79.3 Å². The molecular formula is C29H35BrN2O5. The molecule has 2 aromatic rings. The van der Waals surface area contributed by atoms with Gasteiger partial charge < -0.3 is 19.5 Å². The second-order valence-electron chi connectivity index (χ2n) is 9.53. The lowest BCUT2D eigenvalue weighted by molar-refractivity contribution is -0.140. The number of halogens is 1. The number of aliphatic hydroxyl groups excluding tert-OH is 1. The number of benzene rings is 2. The number of ketones is 1. The van der Waals surface area contributed by atoms with E-state index >= 15 is 0 Å². The number of aliphatic hydroxyl groups is 1. The summed E-state index contributed by atoms with van der Waals surface area (Å²) in [5.41, 5.74) is 2.20. The summed E-state index contributed by atoms with van der Waals surface area (Å²) in [5, 5.41) is 11.4. The van der Waals surface area contributed by atoms with Crippen molar-refractivity contribution in [2.24, 2.45) is 0 Å². The van der Waals surface area contributed by atoms with Gasteiger partial charge in [0.25, 0.3) is 11.7 Å². The van der Waals surface area contributed by atoms with Crippen LogP contribution >= 0.6 is 15.9 Å². The number of nitrogens with zero attached hydrogens (tertiary/aromatic N) is 2. The Labute approximate surface area is 227 Å². The number of ether oxygens (including phenoxy) is 2. The number of hydrogen-bond donors (Lipinski definition) is 1. The predicted molar refractivity (Wildman–Crippen MR) is 147 cm³/mol. The van der Waals surface area contributed by atoms with Gasteiger partial charge in [0.15, 0.2) is 0 Å². The van der Waals surface area contributed by atoms with E-state index in [1.807, 2.05) is 37.3 Å². The van der Waals surface area contributed by atoms with Gasteiger partial charge in [0.1, 0.15) is 11.5 Å². The summed E-state index contributed by atoms with van der Waals surface area (Å²) < 4.78 is 12.1. The third-order valence-corrected chi connectivity index (χ3v) is 7.39. The predicted octanol–water partition coefficient (Wildman–Crippen LogP) is 5.08. The van der Waals surface area contributed by atoms with Crippen LogP contribution in [0.2, 0.25) is 0 Å². The van der Waals surface area contributed by atoms with Crippen molar-refractivity contribution in [2.75, 3.05) is 46.0 Å². The molecule has 0 unspecified atom stereocenters. The average Bonchev–Trinajstić information content (AvgIpc) is 3.14. The van der Waals surface area contributed by atoms with Crippen molar-refractivity contribution in [3.05, 3.63) is 69.2 Å². The molecule has 1 N–H and O–H groups in total. The molecule has 2 aliphatic heterocycles. The monoisotopic (exact) mass is 570 g/mol. The number of unbranched alkanes of at least 4 members (excludes halogenated alkanes) is 1. The van der Waals surface area contributed by atoms with E-state index in [4.69, 9.17) is 9.47 Å². The maximum atomic E-state index is 13.3. The highest BCUT2D eigenvalue weighted by molar-refractivity contribution is 9.10. The number of aryl methyl sites for hydroxylation is 1. The van der Waals surface area contributed by atoms with Crippen LogP contribution in [0.3, 0.4) is 0 Å². The Morgan fingerprint density at radius 3 is 2.59 bits per heavy atom. The zero-order valence-corrected chi connectivity index (χ0v) is 23.1. The Morgan fingerprint density at radius 1 is 1.11 bits per heavy atom. The maximum absolute atomic E-state index is 13.3. The van der Waals surface area contributed by atoms with Crippen molar-refractivity contribution >= 4 is 33.4 Å². The number of carbonyl (C=O) groups is 2. The number of carbonyl (C=O) groups excluding carboxylic acids is 2. The minimum absolute atomic E-state index is 0.122. The molecule has 8 heteroatoms. The molecule has 2 heterocycles. The van der Waals surface area contributed by atoms with E-state index in [0.717, 1.165) is 60.2 Å². The molecule has 37 heavy (non-hydrogen) atoms. The van der Waals surface area contributed by atoms with Gasteiger partial charge in [0, 0.05) is 36.2 Å². The van der Waals surface area contributed by atoms with Gasteiger partial charge in [0.2, 0.25) is 0 Å². The highest BCUT2D eigenvalue weighted by Gasteiger charge is 2.46. The molecule has 0 spiro atoms. The molecule has 4 rings (SSSR count). The van der Waals surface area contributed by atoms with Gasteiger partial charge in [-0.3, -0.25) is 14.5 Å². The minimum Gasteiger partial charge on any atom is -0.507 e. The van der Waals surface area contributed by atoms with Gasteiger partial charge in [-0.2, -0.15) is 0 Å². The first-order chi connectivity index (χ1) is 17.9. The van der Waals surface area contributed by atoms with Crippen LogP contribution in [0.25, 0.3) is 5.76 Å². The summed E-state index contributed by atoms with van der Waals surface area (Å²) in [7, 11) is 0. The summed E-state index contributed by atoms with van der Waals surface area (Å²) in [5.74, 6) is -0.673. The minimum atomic E-state index is -0.665. The summed E-state index contributed by atoms with van der Waals surface area (Å²) >= 11 is 3.51. The zero-order valence-electron chi connectivity index (χ0n) is 21.5. The van der Waals surface area contributed by atoms with Crippen LogP contribution < -0.4 is 4.74 Å². The van der Waals surface area contributed by atoms with Crippen molar-refractivity contribution in [1.82, 2.24) is 9.80 Å². The number of amides is 1. The van der Waals surface area contributed by atoms with Crippen LogP contribution in [0.15, 0.2) is 52.5 Å². The van der Waals surface area contributed by atoms with Crippen LogP contribution in [-0.2, 0) is 14.3 Å². The number of morpholine rings is 1. The zero-order chi connectivity index (χ0) is 26.4. The van der Waals surface area contributed by atoms with Crippen molar-refractivity contribution < 1.29 is 24.2 Å². The molecule has 0 saturated carbocycles. The number of rotatable bonds is 10. The molecule has 0 bridgehead atoms. The fourth-order valence-corrected chi connectivity index (χ4v) is 5.31. The normalized spacial score (nSPS) is 20.0. The molecule has 1 atom stereocenters. The van der Waals surface area contributed by atoms with Gasteiger partial charge >= 0.3 is 0 Å². The average molecular weight is 572 g/mol. The number of likely N-dealkylation sites (tertiary alicyclic amines) is 1. The molecule has 198 valence electrons. The van der Waals surface area contributed by atoms with E-state index in [2.05, 4.69) is 27.8 Å². The van der Waals surface area contributed by atoms with E-state index in [1.54, 1.807) is 17.0 Å². The summed E-state index contributed by atoms with van der Waals surface area (Å²) in [6, 6.07) is 12.3. The van der Waals surface area contributed by atoms with E-state index in [0.29, 0.717) is 31.9 Å². The lowest BCUT2D eigenvalue weighted by atomic mass is 9.94. The fourth-order valence-electron chi connectivity index (χ4n) is 4.89. The highest BCUT2D eigenvalue weighted by atomic mass is 79.9. The van der Waals surface area contributed by atoms with E-state index in [9.17, 15) is 14.7 Å². The van der Waals surface area contributed by atoms with Crippen molar-refractivity contribution in [1.29, 1.82) is 0 Å². The van der Waals surface area contributed by atoms with E-state index in [1.165, 1.54) is 0 Å². The molecule has 2 aliphatic rings. The van der Waals surface area contributed by atoms with E-state index < -0.39 is 17.7 Å². The SMILES string of the molecule is CCCCOc1ccc(C(O)=C2C(=O)C(=O)N(CCCN3CCOCC3)[C@H]2c2cccc(Br)c2)c(C)c1. The smallest absolute Gasteiger partial charge is 0.295 e. The molecule has 0 aromatic heterocycles. The molecule has 2 saturated heterocycles. The highest BCUT2D eigenvalue weighted by Crippen LogP contribution is 2.40. The number of Topliss-reactive ketones (excluding diaryl/α,β-unsaturated/α-hetero) is 1. The third kappa shape index (κ3) is 6.43. The Morgan fingerprint density at radius 2 is 1.89 bits per heavy atom. The van der Waals surface area contributed by atoms with Crippen molar-refractivity contribution in [2.45, 2.75) is 39.2 Å². The van der Waals surface area contributed by atoms with E-state index in [-0.39, 0.29) is 11.3 Å². The molecular weight excluding hydrogens is 536 g/mol. The first kappa shape index (κ1) is 27.4. The van der Waals surface area contributed by atoms with Gasteiger partial charge in [-0.05, 0) is 61.2 Å². The first-order valence-corrected chi connectivity index (χ1v) is 13.8. The quantitative estimate of drug-likeness (QED) is 0.186. The summed E-state index contributed by atoms with van der Waals surface area (Å²) in [6.45, 7) is 8.99. The Kier molecular flexibility index (Phi) is 9.40. The van der Waals surface area contributed by atoms with Crippen LogP contribution in [0, 0.1) is 6.92 Å². The summed E-state index contributed by atoms with van der Waals surface area (Å²) in [6.07, 6.45) is 2.73. The first-order valence-electron chi connectivity index (χ1n) is 13.0. The van der Waals surface area contributed by atoms with Gasteiger partial charge in [-0.15, -0.1) is 0 Å². The van der Waals surface area contributed by atoms with Crippen molar-refractivity contribution in [3.8, 4) is 5.75 Å². The van der Waals surface area contributed by atoms with Crippen LogP contribution in [0.4, 0.5) is 0 Å². The largest absolute Gasteiger partial charge is 0.507 e. The van der Waals surface area contributed by atoms with Gasteiger partial charge in [-0.1, -0.05) is 41.4 Å². The van der Waals surface area contributed by atoms with Crippen LogP contribution in [-0.4, -0.2) is 72.6 Å². The molecule has 2 fully saturated rings. The molecule has 7 nitrogen and oxygen atoms in total. The van der Waals surface area contributed by atoms with Crippen molar-refractivity contribution in [3.63, 3.8) is 0 Å². The molecule has 0 radical (unpaired) electrons. The van der Waals surface area contributed by atoms with Crippen LogP contribution in [0.1, 0.15) is 48.9 Å². The second kappa shape index (κ2) is 12.7. The molecule has 1 amide bonds. The Hall–Kier alpha value is -2.68. The fraction of sp³-hybridized carbons (Fsp3) is 0.448. The lowest BCUT2D eigenvalue weighted by Crippen LogP contribution is -2.38. The third-order valence-electron chi connectivity index (χ3n) is 6.90. The molecule has 0 aliphatic carbocycles. The number of hydrogen-bond acceptors (Lipinski definition) is 6. The summed E-state index contributed by atoms with van der Waals surface area (Å²) in [4.78, 5) is 30.5. The Bertz CT molecular complexity index is 1160. The Balaban J connectivity index is 1.65. The maximum Gasteiger partial charge on any atom is 0.295 e. The second-order valence-corrected chi connectivity index (χ2v) is 10.4.